The lowest BCUT2D eigenvalue weighted by Gasteiger charge is -2.46. The summed E-state index contributed by atoms with van der Waals surface area (Å²) < 4.78 is 0. The molecule has 3 atom stereocenters. The monoisotopic (exact) mass is 241 g/mol. The fourth-order valence-corrected chi connectivity index (χ4v) is 2.93. The third-order valence-electron chi connectivity index (χ3n) is 4.93. The van der Waals surface area contributed by atoms with Crippen molar-refractivity contribution in [1.82, 2.24) is 9.80 Å². The Labute approximate surface area is 107 Å². The first-order valence-corrected chi connectivity index (χ1v) is 6.77. The number of nitrogens with two attached hydrogens (primary N) is 1. The SMILES string of the molecule is CC1CC(CN)(N(C)C(C)C(C)(C)C)CN1C. The molecule has 0 aliphatic carbocycles. The number of hydrogen-bond donors (Lipinski definition) is 1. The molecule has 0 aromatic heterocycles. The van der Waals surface area contributed by atoms with Gasteiger partial charge in [0.2, 0.25) is 0 Å². The van der Waals surface area contributed by atoms with E-state index in [2.05, 4.69) is 58.5 Å². The van der Waals surface area contributed by atoms with E-state index in [-0.39, 0.29) is 5.54 Å². The molecule has 1 aliphatic heterocycles. The van der Waals surface area contributed by atoms with Gasteiger partial charge in [0.05, 0.1) is 0 Å². The van der Waals surface area contributed by atoms with Crippen molar-refractivity contribution in [2.75, 3.05) is 27.2 Å². The third kappa shape index (κ3) is 2.83. The second kappa shape index (κ2) is 4.87. The molecule has 2 N–H and O–H groups in total. The Kier molecular flexibility index (Phi) is 4.28. The zero-order valence-electron chi connectivity index (χ0n) is 12.7. The zero-order chi connectivity index (χ0) is 13.4. The van der Waals surface area contributed by atoms with Gasteiger partial charge in [-0.2, -0.15) is 0 Å². The lowest BCUT2D eigenvalue weighted by molar-refractivity contribution is 0.0377. The van der Waals surface area contributed by atoms with Gasteiger partial charge < -0.3 is 10.6 Å². The van der Waals surface area contributed by atoms with Gasteiger partial charge >= 0.3 is 0 Å². The molecule has 1 rings (SSSR count). The van der Waals surface area contributed by atoms with Gasteiger partial charge in [-0.15, -0.1) is 0 Å². The Morgan fingerprint density at radius 1 is 1.47 bits per heavy atom. The molecule has 3 nitrogen and oxygen atoms in total. The normalized spacial score (nSPS) is 33.4. The summed E-state index contributed by atoms with van der Waals surface area (Å²) in [5.41, 5.74) is 6.55. The Bertz CT molecular complexity index is 247. The first kappa shape index (κ1) is 14.9. The van der Waals surface area contributed by atoms with Crippen molar-refractivity contribution in [2.24, 2.45) is 11.1 Å². The van der Waals surface area contributed by atoms with Crippen LogP contribution in [0.25, 0.3) is 0 Å². The van der Waals surface area contributed by atoms with Crippen molar-refractivity contribution < 1.29 is 0 Å². The first-order valence-electron chi connectivity index (χ1n) is 6.77. The molecule has 0 aromatic carbocycles. The van der Waals surface area contributed by atoms with E-state index >= 15 is 0 Å². The molecule has 0 spiro atoms. The van der Waals surface area contributed by atoms with Gasteiger partial charge in [-0.05, 0) is 39.8 Å². The van der Waals surface area contributed by atoms with Crippen LogP contribution in [0.4, 0.5) is 0 Å². The van der Waals surface area contributed by atoms with Crippen LogP contribution in [-0.2, 0) is 0 Å². The van der Waals surface area contributed by atoms with E-state index in [9.17, 15) is 0 Å². The van der Waals surface area contributed by atoms with Crippen molar-refractivity contribution in [3.8, 4) is 0 Å². The number of likely N-dealkylation sites (tertiary alicyclic amines) is 1. The fraction of sp³-hybridized carbons (Fsp3) is 1.00. The molecule has 0 radical (unpaired) electrons. The van der Waals surface area contributed by atoms with Gasteiger partial charge in [0.15, 0.2) is 0 Å². The smallest absolute Gasteiger partial charge is 0.0473 e. The average molecular weight is 241 g/mol. The molecule has 0 amide bonds. The highest BCUT2D eigenvalue weighted by Crippen LogP contribution is 2.35. The molecule has 0 saturated carbocycles. The van der Waals surface area contributed by atoms with Gasteiger partial charge in [0.25, 0.3) is 0 Å². The molecule has 1 aliphatic rings. The molecule has 1 heterocycles. The molecule has 102 valence electrons. The molecule has 3 heteroatoms. The minimum Gasteiger partial charge on any atom is -0.329 e. The summed E-state index contributed by atoms with van der Waals surface area (Å²) in [5.74, 6) is 0. The van der Waals surface area contributed by atoms with E-state index in [1.807, 2.05) is 0 Å². The van der Waals surface area contributed by atoms with Crippen LogP contribution < -0.4 is 5.73 Å². The topological polar surface area (TPSA) is 32.5 Å². The maximum atomic E-state index is 6.11. The maximum absolute atomic E-state index is 6.11. The second-order valence-corrected chi connectivity index (χ2v) is 7.05. The van der Waals surface area contributed by atoms with Gasteiger partial charge in [-0.25, -0.2) is 0 Å². The summed E-state index contributed by atoms with van der Waals surface area (Å²) in [6.07, 6.45) is 1.18. The highest BCUT2D eigenvalue weighted by molar-refractivity contribution is 5.03. The molecular weight excluding hydrogens is 210 g/mol. The second-order valence-electron chi connectivity index (χ2n) is 7.05. The highest BCUT2D eigenvalue weighted by atomic mass is 15.3. The van der Waals surface area contributed by atoms with Crippen LogP contribution in [0.3, 0.4) is 0 Å². The number of nitrogens with zero attached hydrogens (tertiary/aromatic N) is 2. The molecule has 17 heavy (non-hydrogen) atoms. The van der Waals surface area contributed by atoms with Crippen molar-refractivity contribution in [3.05, 3.63) is 0 Å². The largest absolute Gasteiger partial charge is 0.329 e. The van der Waals surface area contributed by atoms with Crippen molar-refractivity contribution in [1.29, 1.82) is 0 Å². The van der Waals surface area contributed by atoms with Gasteiger partial charge in [-0.3, -0.25) is 4.90 Å². The summed E-state index contributed by atoms with van der Waals surface area (Å²) in [6, 6.07) is 1.16. The summed E-state index contributed by atoms with van der Waals surface area (Å²) in [5, 5.41) is 0. The van der Waals surface area contributed by atoms with E-state index in [0.29, 0.717) is 17.5 Å². The fourth-order valence-electron chi connectivity index (χ4n) is 2.93. The third-order valence-corrected chi connectivity index (χ3v) is 4.93. The average Bonchev–Trinajstić information content (AvgIpc) is 2.52. The Morgan fingerprint density at radius 2 is 2.00 bits per heavy atom. The van der Waals surface area contributed by atoms with Crippen molar-refractivity contribution in [3.63, 3.8) is 0 Å². The summed E-state index contributed by atoms with van der Waals surface area (Å²) in [7, 11) is 4.45. The Hall–Kier alpha value is -0.120. The quantitative estimate of drug-likeness (QED) is 0.817. The lowest BCUT2D eigenvalue weighted by Crippen LogP contribution is -2.59. The minimum absolute atomic E-state index is 0.154. The molecule has 0 bridgehead atoms. The van der Waals surface area contributed by atoms with E-state index < -0.39 is 0 Å². The minimum atomic E-state index is 0.154. The Morgan fingerprint density at radius 3 is 2.29 bits per heavy atom. The van der Waals surface area contributed by atoms with Crippen molar-refractivity contribution >= 4 is 0 Å². The Balaban J connectivity index is 2.88. The molecular formula is C14H31N3. The number of likely N-dealkylation sites (N-methyl/N-ethyl adjacent to an activating group) is 2. The standard InChI is InChI=1S/C14H31N3/c1-11-8-14(9-15,10-16(11)6)17(7)12(2)13(3,4)5/h11-12H,8-10,15H2,1-7H3. The first-order chi connectivity index (χ1) is 7.64. The van der Waals surface area contributed by atoms with Crippen molar-refractivity contribution in [2.45, 2.75) is 58.7 Å². The van der Waals surface area contributed by atoms with Gasteiger partial charge in [-0.1, -0.05) is 20.8 Å². The molecule has 1 fully saturated rings. The van der Waals surface area contributed by atoms with Crippen LogP contribution in [0, 0.1) is 5.41 Å². The number of hydrogen-bond acceptors (Lipinski definition) is 3. The highest BCUT2D eigenvalue weighted by Gasteiger charge is 2.45. The van der Waals surface area contributed by atoms with E-state index in [1.165, 1.54) is 6.42 Å². The van der Waals surface area contributed by atoms with Crippen LogP contribution in [0.15, 0.2) is 0 Å². The summed E-state index contributed by atoms with van der Waals surface area (Å²) in [4.78, 5) is 4.95. The summed E-state index contributed by atoms with van der Waals surface area (Å²) in [6.45, 7) is 13.4. The molecule has 3 unspecified atom stereocenters. The van der Waals surface area contributed by atoms with Crippen LogP contribution in [0.1, 0.15) is 41.0 Å². The van der Waals surface area contributed by atoms with Crippen LogP contribution in [-0.4, -0.2) is 54.6 Å². The zero-order valence-corrected chi connectivity index (χ0v) is 12.7. The predicted molar refractivity (Wildman–Crippen MR) is 75.2 cm³/mol. The maximum Gasteiger partial charge on any atom is 0.0473 e. The summed E-state index contributed by atoms with van der Waals surface area (Å²) >= 11 is 0. The van der Waals surface area contributed by atoms with E-state index in [1.54, 1.807) is 0 Å². The predicted octanol–water partition coefficient (Wildman–Crippen LogP) is 1.77. The lowest BCUT2D eigenvalue weighted by atomic mass is 9.83. The van der Waals surface area contributed by atoms with Crippen LogP contribution in [0.2, 0.25) is 0 Å². The van der Waals surface area contributed by atoms with Gasteiger partial charge in [0.1, 0.15) is 0 Å². The van der Waals surface area contributed by atoms with Crippen LogP contribution >= 0.6 is 0 Å². The van der Waals surface area contributed by atoms with E-state index in [4.69, 9.17) is 5.73 Å². The molecule has 1 saturated heterocycles. The van der Waals surface area contributed by atoms with Crippen LogP contribution in [0.5, 0.6) is 0 Å². The van der Waals surface area contributed by atoms with E-state index in [0.717, 1.165) is 13.1 Å². The van der Waals surface area contributed by atoms with Gasteiger partial charge in [0, 0.05) is 30.7 Å². The number of rotatable bonds is 3. The molecule has 0 aromatic rings.